The number of nitrogens with zero attached hydrogens (tertiary/aromatic N) is 4. The van der Waals surface area contributed by atoms with Gasteiger partial charge in [-0.15, -0.1) is 22.7 Å². The fourth-order valence-electron chi connectivity index (χ4n) is 5.26. The first-order valence-corrected chi connectivity index (χ1v) is 16.4. The Morgan fingerprint density at radius 3 is 2.70 bits per heavy atom. The second kappa shape index (κ2) is 11.3. The number of para-hydroxylation sites is 1. The van der Waals surface area contributed by atoms with Crippen LogP contribution in [0.3, 0.4) is 0 Å². The number of nitrogens with one attached hydrogen (secondary N) is 1. The van der Waals surface area contributed by atoms with Crippen molar-refractivity contribution < 1.29 is 8.42 Å². The fourth-order valence-corrected chi connectivity index (χ4v) is 8.82. The number of rotatable bonds is 9. The van der Waals surface area contributed by atoms with Gasteiger partial charge in [-0.2, -0.15) is 0 Å². The minimum Gasteiger partial charge on any atom is -0.351 e. The molecule has 6 rings (SSSR count). The van der Waals surface area contributed by atoms with Crippen molar-refractivity contribution in [2.45, 2.75) is 36.4 Å². The summed E-state index contributed by atoms with van der Waals surface area (Å²) < 4.78 is 29.0. The average molecular weight is 590 g/mol. The van der Waals surface area contributed by atoms with Crippen LogP contribution < -0.4 is 4.31 Å². The molecule has 1 fully saturated rings. The number of likely N-dealkylation sites (tertiary alicyclic amines) is 1. The van der Waals surface area contributed by atoms with Gasteiger partial charge in [0.15, 0.2) is 0 Å². The standard InChI is InChI=1S/C30H31N5O2S3/c1-21(2)19-35(40(36,37)28-10-6-16-38-28)27-9-5-7-23-17-26(33-29(23)27)30-32-18-24(39-30)20-34-14-11-22(12-15-34)25-8-3-4-13-31-25/h3-10,13,16-18,22,33H,1,11-12,14-15,19-20H2,2H3. The maximum absolute atomic E-state index is 13.6. The molecule has 206 valence electrons. The summed E-state index contributed by atoms with van der Waals surface area (Å²) in [6.07, 6.45) is 6.07. The van der Waals surface area contributed by atoms with E-state index in [9.17, 15) is 8.42 Å². The number of thiazole rings is 1. The van der Waals surface area contributed by atoms with Crippen molar-refractivity contribution >= 4 is 49.3 Å². The zero-order valence-electron chi connectivity index (χ0n) is 22.3. The van der Waals surface area contributed by atoms with E-state index in [0.717, 1.165) is 59.7 Å². The second-order valence-corrected chi connectivity index (χ2v) is 14.4. The molecule has 40 heavy (non-hydrogen) atoms. The predicted octanol–water partition coefficient (Wildman–Crippen LogP) is 6.90. The number of thiophene rings is 1. The maximum atomic E-state index is 13.6. The third kappa shape index (κ3) is 5.49. The summed E-state index contributed by atoms with van der Waals surface area (Å²) in [5.74, 6) is 0.531. The van der Waals surface area contributed by atoms with Crippen LogP contribution in [0, 0.1) is 0 Å². The number of pyridine rings is 1. The molecule has 0 aliphatic carbocycles. The van der Waals surface area contributed by atoms with Crippen LogP contribution in [0.15, 0.2) is 88.7 Å². The van der Waals surface area contributed by atoms with E-state index in [1.54, 1.807) is 28.8 Å². The van der Waals surface area contributed by atoms with E-state index in [1.807, 2.05) is 43.6 Å². The topological polar surface area (TPSA) is 82.2 Å². The highest BCUT2D eigenvalue weighted by Gasteiger charge is 2.28. The molecule has 1 aliphatic heterocycles. The molecule has 5 heterocycles. The molecule has 0 amide bonds. The molecule has 4 aromatic heterocycles. The fraction of sp³-hybridized carbons (Fsp3) is 0.267. The van der Waals surface area contributed by atoms with E-state index in [4.69, 9.17) is 4.98 Å². The first-order chi connectivity index (χ1) is 19.4. The highest BCUT2D eigenvalue weighted by atomic mass is 32.2. The molecule has 0 bridgehead atoms. The Hall–Kier alpha value is -3.31. The third-order valence-electron chi connectivity index (χ3n) is 7.21. The van der Waals surface area contributed by atoms with Crippen molar-refractivity contribution in [1.82, 2.24) is 19.9 Å². The van der Waals surface area contributed by atoms with Crippen LogP contribution in [0.2, 0.25) is 0 Å². The van der Waals surface area contributed by atoms with Crippen LogP contribution in [0.1, 0.15) is 36.3 Å². The Morgan fingerprint density at radius 1 is 1.12 bits per heavy atom. The van der Waals surface area contributed by atoms with Crippen LogP contribution in [0.4, 0.5) is 5.69 Å². The number of sulfonamides is 1. The molecule has 1 N–H and O–H groups in total. The second-order valence-electron chi connectivity index (χ2n) is 10.3. The lowest BCUT2D eigenvalue weighted by Gasteiger charge is -2.31. The number of aromatic amines is 1. The number of piperidine rings is 1. The number of aromatic nitrogens is 3. The first-order valence-electron chi connectivity index (χ1n) is 13.3. The van der Waals surface area contributed by atoms with Gasteiger partial charge in [0.1, 0.15) is 9.22 Å². The molecule has 10 heteroatoms. The van der Waals surface area contributed by atoms with Crippen LogP contribution >= 0.6 is 22.7 Å². The zero-order valence-corrected chi connectivity index (χ0v) is 24.7. The number of fused-ring (bicyclic) bond motifs is 1. The lowest BCUT2D eigenvalue weighted by atomic mass is 9.93. The molecule has 1 saturated heterocycles. The van der Waals surface area contributed by atoms with Crippen molar-refractivity contribution in [3.8, 4) is 10.7 Å². The molecule has 7 nitrogen and oxygen atoms in total. The molecule has 1 aliphatic rings. The van der Waals surface area contributed by atoms with E-state index >= 15 is 0 Å². The highest BCUT2D eigenvalue weighted by Crippen LogP contribution is 2.36. The van der Waals surface area contributed by atoms with Crippen molar-refractivity contribution in [2.75, 3.05) is 23.9 Å². The van der Waals surface area contributed by atoms with Crippen LogP contribution in [-0.4, -0.2) is 47.9 Å². The van der Waals surface area contributed by atoms with E-state index in [1.165, 1.54) is 26.2 Å². The number of H-pyrrole nitrogens is 1. The molecular formula is C30H31N5O2S3. The monoisotopic (exact) mass is 589 g/mol. The normalized spacial score (nSPS) is 15.0. The van der Waals surface area contributed by atoms with Gasteiger partial charge in [0.2, 0.25) is 0 Å². The van der Waals surface area contributed by atoms with E-state index < -0.39 is 10.0 Å². The highest BCUT2D eigenvalue weighted by molar-refractivity contribution is 7.94. The molecule has 0 unspecified atom stereocenters. The minimum absolute atomic E-state index is 0.201. The van der Waals surface area contributed by atoms with Gasteiger partial charge in [0, 0.05) is 40.8 Å². The Bertz CT molecular complexity index is 1720. The maximum Gasteiger partial charge on any atom is 0.274 e. The molecule has 5 aromatic rings. The van der Waals surface area contributed by atoms with Gasteiger partial charge in [0.25, 0.3) is 10.0 Å². The smallest absolute Gasteiger partial charge is 0.274 e. The molecule has 1 aromatic carbocycles. The van der Waals surface area contributed by atoms with E-state index in [0.29, 0.717) is 15.8 Å². The third-order valence-corrected chi connectivity index (χ3v) is 11.4. The SMILES string of the molecule is C=C(C)CN(c1cccc2cc(-c3ncc(CN4CCC(c5ccccn5)CC4)s3)[nH]c12)S(=O)(=O)c1cccs1. The van der Waals surface area contributed by atoms with E-state index in [2.05, 4.69) is 39.6 Å². The lowest BCUT2D eigenvalue weighted by molar-refractivity contribution is 0.205. The Kier molecular flexibility index (Phi) is 7.59. The number of benzene rings is 1. The minimum atomic E-state index is -3.74. The summed E-state index contributed by atoms with van der Waals surface area (Å²) in [7, 11) is -3.74. The Balaban J connectivity index is 1.22. The molecule has 0 radical (unpaired) electrons. The molecule has 0 spiro atoms. The number of hydrogen-bond acceptors (Lipinski definition) is 7. The van der Waals surface area contributed by atoms with E-state index in [-0.39, 0.29) is 6.54 Å². The summed E-state index contributed by atoms with van der Waals surface area (Å²) in [4.78, 5) is 16.5. The van der Waals surface area contributed by atoms with Gasteiger partial charge in [-0.1, -0.05) is 36.4 Å². The van der Waals surface area contributed by atoms with Crippen molar-refractivity contribution in [2.24, 2.45) is 0 Å². The summed E-state index contributed by atoms with van der Waals surface area (Å²) in [6.45, 7) is 9.00. The summed E-state index contributed by atoms with van der Waals surface area (Å²) >= 11 is 2.90. The number of hydrogen-bond donors (Lipinski definition) is 1. The van der Waals surface area contributed by atoms with Gasteiger partial charge in [-0.3, -0.25) is 14.2 Å². The van der Waals surface area contributed by atoms with Gasteiger partial charge >= 0.3 is 0 Å². The largest absolute Gasteiger partial charge is 0.351 e. The van der Waals surface area contributed by atoms with Gasteiger partial charge in [-0.05, 0) is 68.6 Å². The number of anilines is 1. The summed E-state index contributed by atoms with van der Waals surface area (Å²) in [5.41, 5.74) is 4.22. The lowest BCUT2D eigenvalue weighted by Crippen LogP contribution is -2.32. The first kappa shape index (κ1) is 26.9. The summed E-state index contributed by atoms with van der Waals surface area (Å²) in [5, 5.41) is 3.61. The van der Waals surface area contributed by atoms with Crippen LogP contribution in [0.5, 0.6) is 0 Å². The predicted molar refractivity (Wildman–Crippen MR) is 165 cm³/mol. The molecule has 0 saturated carbocycles. The zero-order chi connectivity index (χ0) is 27.7. The Morgan fingerprint density at radius 2 is 1.98 bits per heavy atom. The average Bonchev–Trinajstić information content (AvgIpc) is 3.74. The quantitative estimate of drug-likeness (QED) is 0.189. The van der Waals surface area contributed by atoms with Crippen molar-refractivity contribution in [3.63, 3.8) is 0 Å². The van der Waals surface area contributed by atoms with Crippen LogP contribution in [-0.2, 0) is 16.6 Å². The van der Waals surface area contributed by atoms with Crippen molar-refractivity contribution in [1.29, 1.82) is 0 Å². The molecule has 0 atom stereocenters. The van der Waals surface area contributed by atoms with Gasteiger partial charge < -0.3 is 4.98 Å². The van der Waals surface area contributed by atoms with Gasteiger partial charge in [0.05, 0.1) is 23.4 Å². The van der Waals surface area contributed by atoms with Crippen molar-refractivity contribution in [3.05, 3.63) is 95.1 Å². The summed E-state index contributed by atoms with van der Waals surface area (Å²) in [6, 6.07) is 17.4. The Labute approximate surface area is 242 Å². The molecular weight excluding hydrogens is 559 g/mol. The van der Waals surface area contributed by atoms with Gasteiger partial charge in [-0.25, -0.2) is 13.4 Å². The van der Waals surface area contributed by atoms with Crippen LogP contribution in [0.25, 0.3) is 21.6 Å².